The van der Waals surface area contributed by atoms with Crippen LogP contribution in [0.5, 0.6) is 5.75 Å². The summed E-state index contributed by atoms with van der Waals surface area (Å²) in [5.74, 6) is 0.815. The minimum atomic E-state index is 0.00493. The van der Waals surface area contributed by atoms with Crippen LogP contribution in [0.15, 0.2) is 36.4 Å². The molecule has 0 bridgehead atoms. The lowest BCUT2D eigenvalue weighted by molar-refractivity contribution is -0.125. The summed E-state index contributed by atoms with van der Waals surface area (Å²) >= 11 is 0. The third kappa shape index (κ3) is 3.42. The molecule has 3 heteroatoms. The average molecular weight is 219 g/mol. The number of hydrogen-bond donors (Lipinski definition) is 0. The third-order valence-corrected chi connectivity index (χ3v) is 2.24. The van der Waals surface area contributed by atoms with Gasteiger partial charge in [0.05, 0.1) is 7.11 Å². The molecule has 0 aliphatic heterocycles. The van der Waals surface area contributed by atoms with Gasteiger partial charge < -0.3 is 9.64 Å². The van der Waals surface area contributed by atoms with E-state index in [0.717, 1.165) is 11.3 Å². The van der Waals surface area contributed by atoms with Crippen LogP contribution >= 0.6 is 0 Å². The van der Waals surface area contributed by atoms with E-state index in [-0.39, 0.29) is 5.91 Å². The molecule has 0 atom stereocenters. The number of likely N-dealkylation sites (N-methyl/N-ethyl adjacent to an activating group) is 1. The molecule has 1 amide bonds. The molecule has 1 rings (SSSR count). The first-order valence-electron chi connectivity index (χ1n) is 5.18. The summed E-state index contributed by atoms with van der Waals surface area (Å²) in [7, 11) is 3.41. The molecule has 0 spiro atoms. The van der Waals surface area contributed by atoms with Crippen molar-refractivity contribution in [3.05, 3.63) is 42.0 Å². The van der Waals surface area contributed by atoms with Gasteiger partial charge in [0.2, 0.25) is 5.91 Å². The first-order chi connectivity index (χ1) is 7.67. The van der Waals surface area contributed by atoms with Gasteiger partial charge >= 0.3 is 0 Å². The highest BCUT2D eigenvalue weighted by molar-refractivity contribution is 5.87. The number of rotatable bonds is 4. The highest BCUT2D eigenvalue weighted by Crippen LogP contribution is 2.13. The smallest absolute Gasteiger partial charge is 0.246 e. The van der Waals surface area contributed by atoms with Crippen molar-refractivity contribution in [3.63, 3.8) is 0 Å². The number of ether oxygens (including phenoxy) is 1. The van der Waals surface area contributed by atoms with E-state index in [9.17, 15) is 4.79 Å². The lowest BCUT2D eigenvalue weighted by Crippen LogP contribution is -2.24. The molecule has 1 aromatic rings. The van der Waals surface area contributed by atoms with Crippen molar-refractivity contribution < 1.29 is 9.53 Å². The number of methoxy groups -OCH3 is 1. The summed E-state index contributed by atoms with van der Waals surface area (Å²) in [6.45, 7) is 2.41. The summed E-state index contributed by atoms with van der Waals surface area (Å²) in [6.07, 6.45) is 3.30. The van der Waals surface area contributed by atoms with Crippen molar-refractivity contribution in [2.75, 3.05) is 14.2 Å². The molecule has 1 aromatic carbocycles. The number of carbonyl (C=O) groups is 1. The van der Waals surface area contributed by atoms with Gasteiger partial charge in [-0.05, 0) is 30.7 Å². The standard InChI is InChI=1S/C13H17NO2/c1-4-6-13(15)14(2)10-11-7-5-8-12(9-11)16-3/h4-9H,10H2,1-3H3. The zero-order chi connectivity index (χ0) is 12.0. The van der Waals surface area contributed by atoms with E-state index in [1.54, 1.807) is 31.2 Å². The molecule has 0 saturated heterocycles. The second kappa shape index (κ2) is 5.95. The molecule has 0 aliphatic rings. The summed E-state index contributed by atoms with van der Waals surface area (Å²) in [6, 6.07) is 7.71. The first kappa shape index (κ1) is 12.3. The van der Waals surface area contributed by atoms with Crippen LogP contribution in [0.25, 0.3) is 0 Å². The van der Waals surface area contributed by atoms with Crippen molar-refractivity contribution in [1.29, 1.82) is 0 Å². The molecule has 0 aliphatic carbocycles. The van der Waals surface area contributed by atoms with Gasteiger partial charge in [-0.1, -0.05) is 18.2 Å². The summed E-state index contributed by atoms with van der Waals surface area (Å²) in [5, 5.41) is 0. The zero-order valence-electron chi connectivity index (χ0n) is 9.93. The van der Waals surface area contributed by atoms with Gasteiger partial charge in [0.25, 0.3) is 0 Å². The molecule has 0 N–H and O–H groups in total. The van der Waals surface area contributed by atoms with Crippen LogP contribution in [0.1, 0.15) is 12.5 Å². The first-order valence-corrected chi connectivity index (χ1v) is 5.18. The minimum absolute atomic E-state index is 0.00493. The Balaban J connectivity index is 2.68. The fraction of sp³-hybridized carbons (Fsp3) is 0.308. The van der Waals surface area contributed by atoms with Crippen LogP contribution in [0.4, 0.5) is 0 Å². The van der Waals surface area contributed by atoms with Crippen molar-refractivity contribution in [2.45, 2.75) is 13.5 Å². The maximum atomic E-state index is 11.5. The Morgan fingerprint density at radius 2 is 2.25 bits per heavy atom. The summed E-state index contributed by atoms with van der Waals surface area (Å²) < 4.78 is 5.13. The van der Waals surface area contributed by atoms with Crippen LogP contribution < -0.4 is 4.74 Å². The Morgan fingerprint density at radius 1 is 1.50 bits per heavy atom. The Morgan fingerprint density at radius 3 is 2.88 bits per heavy atom. The fourth-order valence-corrected chi connectivity index (χ4v) is 1.39. The van der Waals surface area contributed by atoms with Gasteiger partial charge in [0, 0.05) is 13.6 Å². The SMILES string of the molecule is CC=CC(=O)N(C)Cc1cccc(OC)c1. The zero-order valence-corrected chi connectivity index (χ0v) is 9.93. The molecular formula is C13H17NO2. The third-order valence-electron chi connectivity index (χ3n) is 2.24. The van der Waals surface area contributed by atoms with E-state index in [4.69, 9.17) is 4.74 Å². The topological polar surface area (TPSA) is 29.5 Å². The molecule has 0 aromatic heterocycles. The van der Waals surface area contributed by atoms with E-state index in [0.29, 0.717) is 6.54 Å². The van der Waals surface area contributed by atoms with E-state index < -0.39 is 0 Å². The number of benzene rings is 1. The molecule has 86 valence electrons. The number of hydrogen-bond acceptors (Lipinski definition) is 2. The lowest BCUT2D eigenvalue weighted by atomic mass is 10.2. The largest absolute Gasteiger partial charge is 0.497 e. The van der Waals surface area contributed by atoms with Crippen molar-refractivity contribution in [3.8, 4) is 5.75 Å². The second-order valence-electron chi connectivity index (χ2n) is 3.55. The van der Waals surface area contributed by atoms with E-state index in [1.165, 1.54) is 0 Å². The molecule has 3 nitrogen and oxygen atoms in total. The average Bonchev–Trinajstić information content (AvgIpc) is 2.29. The molecule has 16 heavy (non-hydrogen) atoms. The number of nitrogens with zero attached hydrogens (tertiary/aromatic N) is 1. The fourth-order valence-electron chi connectivity index (χ4n) is 1.39. The summed E-state index contributed by atoms with van der Waals surface area (Å²) in [4.78, 5) is 13.2. The van der Waals surface area contributed by atoms with Gasteiger partial charge in [-0.3, -0.25) is 4.79 Å². The Bertz CT molecular complexity index is 385. The van der Waals surface area contributed by atoms with Crippen LogP contribution in [0, 0.1) is 0 Å². The lowest BCUT2D eigenvalue weighted by Gasteiger charge is -2.15. The van der Waals surface area contributed by atoms with Crippen molar-refractivity contribution in [1.82, 2.24) is 4.90 Å². The van der Waals surface area contributed by atoms with Crippen LogP contribution in [0.3, 0.4) is 0 Å². The predicted molar refractivity (Wildman–Crippen MR) is 64.3 cm³/mol. The number of carbonyl (C=O) groups excluding carboxylic acids is 1. The summed E-state index contributed by atoms with van der Waals surface area (Å²) in [5.41, 5.74) is 1.06. The molecular weight excluding hydrogens is 202 g/mol. The molecule has 0 heterocycles. The molecule has 0 fully saturated rings. The van der Waals surface area contributed by atoms with Gasteiger partial charge in [0.15, 0.2) is 0 Å². The van der Waals surface area contributed by atoms with Crippen LogP contribution in [0.2, 0.25) is 0 Å². The number of allylic oxidation sites excluding steroid dienone is 1. The Labute approximate surface area is 96.3 Å². The van der Waals surface area contributed by atoms with Gasteiger partial charge in [-0.25, -0.2) is 0 Å². The Kier molecular flexibility index (Phi) is 4.58. The molecule has 0 radical (unpaired) electrons. The van der Waals surface area contributed by atoms with Gasteiger partial charge in [-0.2, -0.15) is 0 Å². The van der Waals surface area contributed by atoms with Crippen molar-refractivity contribution >= 4 is 5.91 Å². The highest BCUT2D eigenvalue weighted by atomic mass is 16.5. The van der Waals surface area contributed by atoms with Gasteiger partial charge in [0.1, 0.15) is 5.75 Å². The predicted octanol–water partition coefficient (Wildman–Crippen LogP) is 2.23. The van der Waals surface area contributed by atoms with Gasteiger partial charge in [-0.15, -0.1) is 0 Å². The minimum Gasteiger partial charge on any atom is -0.497 e. The monoisotopic (exact) mass is 219 g/mol. The molecule has 0 saturated carbocycles. The normalized spacial score (nSPS) is 10.4. The maximum absolute atomic E-state index is 11.5. The number of amides is 1. The Hall–Kier alpha value is -1.77. The molecule has 0 unspecified atom stereocenters. The van der Waals surface area contributed by atoms with Crippen molar-refractivity contribution in [2.24, 2.45) is 0 Å². The quantitative estimate of drug-likeness (QED) is 0.727. The van der Waals surface area contributed by atoms with E-state index in [1.807, 2.05) is 31.2 Å². The second-order valence-corrected chi connectivity index (χ2v) is 3.55. The van der Waals surface area contributed by atoms with E-state index >= 15 is 0 Å². The van der Waals surface area contributed by atoms with Crippen LogP contribution in [-0.2, 0) is 11.3 Å². The maximum Gasteiger partial charge on any atom is 0.246 e. The highest BCUT2D eigenvalue weighted by Gasteiger charge is 2.05. The van der Waals surface area contributed by atoms with Crippen LogP contribution in [-0.4, -0.2) is 25.0 Å². The van der Waals surface area contributed by atoms with E-state index in [2.05, 4.69) is 0 Å².